The standard InChI is InChI=1S/C22H23N5O2/c1-13-7-4-5-8-15(13)9-6-10-27-18-12-16(23-3)14(2)11-17(18)24-19-20(27)25-22(29)26-21(19)28/h4-5,7-8,11-12,23H,6,9-10H2,1-3H3,(H,26,28,29). The first-order chi connectivity index (χ1) is 14.0. The molecule has 0 spiro atoms. The molecule has 2 aromatic rings. The van der Waals surface area contributed by atoms with E-state index in [0.29, 0.717) is 17.9 Å². The Balaban J connectivity index is 1.85. The van der Waals surface area contributed by atoms with Crippen molar-refractivity contribution in [2.45, 2.75) is 33.2 Å². The van der Waals surface area contributed by atoms with Crippen LogP contribution in [0.1, 0.15) is 23.1 Å². The highest BCUT2D eigenvalue weighted by atomic mass is 16.2. The van der Waals surface area contributed by atoms with Crippen LogP contribution in [0.25, 0.3) is 22.6 Å². The molecule has 0 amide bonds. The number of nitrogens with zero attached hydrogens (tertiary/aromatic N) is 3. The van der Waals surface area contributed by atoms with E-state index in [1.807, 2.05) is 42.8 Å². The van der Waals surface area contributed by atoms with Gasteiger partial charge in [-0.15, -0.1) is 0 Å². The fourth-order valence-electron chi connectivity index (χ4n) is 3.76. The van der Waals surface area contributed by atoms with E-state index in [9.17, 15) is 9.59 Å². The van der Waals surface area contributed by atoms with E-state index in [0.717, 1.165) is 29.6 Å². The van der Waals surface area contributed by atoms with Crippen molar-refractivity contribution in [2.75, 3.05) is 12.4 Å². The average Bonchev–Trinajstić information content (AvgIpc) is 2.69. The molecular formula is C22H23N5O2. The third kappa shape index (κ3) is 3.51. The molecule has 0 unspecified atom stereocenters. The number of hydrogen-bond donors (Lipinski definition) is 2. The minimum absolute atomic E-state index is 0.185. The van der Waals surface area contributed by atoms with Crippen molar-refractivity contribution < 1.29 is 0 Å². The lowest BCUT2D eigenvalue weighted by molar-refractivity contribution is 0.647. The van der Waals surface area contributed by atoms with Gasteiger partial charge in [-0.25, -0.2) is 9.78 Å². The Morgan fingerprint density at radius 1 is 1.07 bits per heavy atom. The molecule has 2 aliphatic heterocycles. The van der Waals surface area contributed by atoms with E-state index in [-0.39, 0.29) is 5.69 Å². The van der Waals surface area contributed by atoms with Crippen LogP contribution in [-0.4, -0.2) is 26.6 Å². The molecule has 0 saturated carbocycles. The molecule has 0 aromatic heterocycles. The van der Waals surface area contributed by atoms with E-state index in [1.165, 1.54) is 11.1 Å². The Morgan fingerprint density at radius 2 is 1.86 bits per heavy atom. The second-order valence-electron chi connectivity index (χ2n) is 7.24. The van der Waals surface area contributed by atoms with Crippen molar-refractivity contribution in [1.29, 1.82) is 0 Å². The summed E-state index contributed by atoms with van der Waals surface area (Å²) in [6, 6.07) is 12.3. The molecule has 29 heavy (non-hydrogen) atoms. The van der Waals surface area contributed by atoms with Crippen LogP contribution in [0.2, 0.25) is 0 Å². The molecule has 0 aliphatic carbocycles. The van der Waals surface area contributed by atoms with Crippen molar-refractivity contribution in [3.63, 3.8) is 0 Å². The van der Waals surface area contributed by atoms with Gasteiger partial charge >= 0.3 is 5.69 Å². The molecule has 7 nitrogen and oxygen atoms in total. The summed E-state index contributed by atoms with van der Waals surface area (Å²) in [7, 11) is 1.86. The summed E-state index contributed by atoms with van der Waals surface area (Å²) in [5.41, 5.74) is 5.11. The zero-order valence-electron chi connectivity index (χ0n) is 16.7. The van der Waals surface area contributed by atoms with E-state index < -0.39 is 11.2 Å². The van der Waals surface area contributed by atoms with E-state index in [4.69, 9.17) is 0 Å². The predicted molar refractivity (Wildman–Crippen MR) is 115 cm³/mol. The Kier molecular flexibility index (Phi) is 4.88. The second kappa shape index (κ2) is 7.50. The second-order valence-corrected chi connectivity index (χ2v) is 7.24. The fraction of sp³-hybridized carbons (Fsp3) is 0.273. The summed E-state index contributed by atoms with van der Waals surface area (Å²) in [6.07, 6.45) is 1.73. The molecule has 2 aliphatic rings. The van der Waals surface area contributed by atoms with Crippen LogP contribution in [0.3, 0.4) is 0 Å². The number of aromatic nitrogens is 4. The summed E-state index contributed by atoms with van der Waals surface area (Å²) < 4.78 is 1.94. The number of aryl methyl sites for hydroxylation is 4. The Hall–Kier alpha value is -3.48. The van der Waals surface area contributed by atoms with Crippen LogP contribution >= 0.6 is 0 Å². The van der Waals surface area contributed by atoms with Gasteiger partial charge in [0.2, 0.25) is 0 Å². The average molecular weight is 389 g/mol. The van der Waals surface area contributed by atoms with Crippen LogP contribution in [0.15, 0.2) is 46.0 Å². The Bertz CT molecular complexity index is 1290. The van der Waals surface area contributed by atoms with E-state index in [1.54, 1.807) is 0 Å². The van der Waals surface area contributed by atoms with Crippen molar-refractivity contribution >= 4 is 16.7 Å². The lowest BCUT2D eigenvalue weighted by atomic mass is 10.0. The van der Waals surface area contributed by atoms with E-state index in [2.05, 4.69) is 39.3 Å². The summed E-state index contributed by atoms with van der Waals surface area (Å²) in [5.74, 6) is 0.321. The van der Waals surface area contributed by atoms with Gasteiger partial charge in [0.15, 0.2) is 11.5 Å². The molecule has 0 radical (unpaired) electrons. The van der Waals surface area contributed by atoms with Gasteiger partial charge < -0.3 is 9.88 Å². The number of aromatic amines is 1. The maximum absolute atomic E-state index is 12.4. The maximum atomic E-state index is 12.4. The zero-order valence-corrected chi connectivity index (χ0v) is 16.7. The minimum atomic E-state index is -0.655. The van der Waals surface area contributed by atoms with Crippen molar-refractivity contribution in [1.82, 2.24) is 19.5 Å². The van der Waals surface area contributed by atoms with Gasteiger partial charge in [0.25, 0.3) is 5.56 Å². The molecule has 0 saturated heterocycles. The predicted octanol–water partition coefficient (Wildman–Crippen LogP) is 2.88. The first-order valence-electron chi connectivity index (χ1n) is 9.65. The van der Waals surface area contributed by atoms with Crippen molar-refractivity contribution in [2.24, 2.45) is 0 Å². The van der Waals surface area contributed by atoms with Gasteiger partial charge in [-0.2, -0.15) is 4.98 Å². The highest BCUT2D eigenvalue weighted by Gasteiger charge is 2.19. The lowest BCUT2D eigenvalue weighted by Gasteiger charge is -2.18. The normalized spacial score (nSPS) is 11.3. The maximum Gasteiger partial charge on any atom is 0.349 e. The third-order valence-electron chi connectivity index (χ3n) is 5.31. The molecule has 148 valence electrons. The molecule has 0 fully saturated rings. The summed E-state index contributed by atoms with van der Waals surface area (Å²) >= 11 is 0. The van der Waals surface area contributed by atoms with Crippen LogP contribution in [-0.2, 0) is 13.0 Å². The smallest absolute Gasteiger partial charge is 0.349 e. The topological polar surface area (TPSA) is 92.7 Å². The summed E-state index contributed by atoms with van der Waals surface area (Å²) in [5, 5.41) is 3.18. The van der Waals surface area contributed by atoms with Gasteiger partial charge in [0.05, 0.1) is 11.0 Å². The third-order valence-corrected chi connectivity index (χ3v) is 5.31. The van der Waals surface area contributed by atoms with Gasteiger partial charge in [0, 0.05) is 19.3 Å². The number of anilines is 1. The number of benzene rings is 2. The highest BCUT2D eigenvalue weighted by molar-refractivity contribution is 5.84. The van der Waals surface area contributed by atoms with E-state index >= 15 is 0 Å². The monoisotopic (exact) mass is 389 g/mol. The van der Waals surface area contributed by atoms with Gasteiger partial charge in [-0.05, 0) is 55.5 Å². The number of nitrogens with one attached hydrogen (secondary N) is 2. The molecule has 2 heterocycles. The molecule has 4 rings (SSSR count). The first-order valence-corrected chi connectivity index (χ1v) is 9.65. The summed E-state index contributed by atoms with van der Waals surface area (Å²) in [4.78, 5) is 35.0. The lowest BCUT2D eigenvalue weighted by Crippen LogP contribution is -2.29. The first kappa shape index (κ1) is 18.9. The molecule has 7 heteroatoms. The quantitative estimate of drug-likeness (QED) is 0.512. The molecule has 2 aromatic carbocycles. The molecule has 2 N–H and O–H groups in total. The Morgan fingerprint density at radius 3 is 2.62 bits per heavy atom. The van der Waals surface area contributed by atoms with Gasteiger partial charge in [0.1, 0.15) is 0 Å². The Labute approximate surface area is 167 Å². The van der Waals surface area contributed by atoms with Crippen molar-refractivity contribution in [3.05, 3.63) is 73.9 Å². The van der Waals surface area contributed by atoms with Gasteiger partial charge in [-0.3, -0.25) is 9.78 Å². The highest BCUT2D eigenvalue weighted by Crippen LogP contribution is 2.26. The zero-order chi connectivity index (χ0) is 20.5. The minimum Gasteiger partial charge on any atom is -0.388 e. The SMILES string of the molecule is CNc1cc2c(cc1C)nc1c(=O)[nH]c(=O)nc-1n2CCCc1ccccc1C. The van der Waals surface area contributed by atoms with Crippen LogP contribution in [0, 0.1) is 13.8 Å². The molecular weight excluding hydrogens is 366 g/mol. The molecule has 0 bridgehead atoms. The molecule has 0 atom stereocenters. The van der Waals surface area contributed by atoms with Crippen LogP contribution in [0.5, 0.6) is 0 Å². The summed E-state index contributed by atoms with van der Waals surface area (Å²) in [6.45, 7) is 4.71. The number of hydrogen-bond acceptors (Lipinski definition) is 5. The number of fused-ring (bicyclic) bond motifs is 2. The van der Waals surface area contributed by atoms with Crippen LogP contribution in [0.4, 0.5) is 5.69 Å². The van der Waals surface area contributed by atoms with Crippen molar-refractivity contribution in [3.8, 4) is 11.5 Å². The fourth-order valence-corrected chi connectivity index (χ4v) is 3.76. The van der Waals surface area contributed by atoms with Gasteiger partial charge in [-0.1, -0.05) is 24.3 Å². The number of rotatable bonds is 5. The van der Waals surface area contributed by atoms with Crippen LogP contribution < -0.4 is 16.6 Å². The largest absolute Gasteiger partial charge is 0.388 e. The number of H-pyrrole nitrogens is 1.